The van der Waals surface area contributed by atoms with E-state index in [-0.39, 0.29) is 5.75 Å². The summed E-state index contributed by atoms with van der Waals surface area (Å²) in [5.41, 5.74) is 7.06. The second-order valence-corrected chi connectivity index (χ2v) is 9.92. The Morgan fingerprint density at radius 2 is 1.74 bits per heavy atom. The predicted molar refractivity (Wildman–Crippen MR) is 146 cm³/mol. The fraction of sp³-hybridized carbons (Fsp3) is 0.207. The number of likely N-dealkylation sites (tertiary alicyclic amines) is 1. The van der Waals surface area contributed by atoms with Crippen LogP contribution in [0.3, 0.4) is 0 Å². The molecule has 5 aromatic heterocycles. The molecule has 6 aromatic rings. The average molecular weight is 521 g/mol. The van der Waals surface area contributed by atoms with Gasteiger partial charge in [0.2, 0.25) is 0 Å². The van der Waals surface area contributed by atoms with Gasteiger partial charge in [-0.25, -0.2) is 14.4 Å². The van der Waals surface area contributed by atoms with Crippen LogP contribution < -0.4 is 0 Å². The lowest BCUT2D eigenvalue weighted by molar-refractivity contribution is 0.220. The lowest BCUT2D eigenvalue weighted by atomic mass is 10.1. The molecular formula is C29H25FN8O. The van der Waals surface area contributed by atoms with Crippen LogP contribution in [0, 0.1) is 5.82 Å². The standard InChI is InChI=1S/C29H25FN8O/c30-20-11-18(12-21(39)13-20)25-26-23(6-7-32-25)34-29(35-26)28-27-24(36-37-28)5-4-22(33-27)19-10-17(14-31-15-19)16-38-8-2-1-3-9-38/h4-7,10-15,39H,1-3,8-9,16H2,(H,34,35)(H,36,37). The van der Waals surface area contributed by atoms with Crippen LogP contribution in [-0.4, -0.2) is 58.2 Å². The number of phenols is 1. The van der Waals surface area contributed by atoms with Gasteiger partial charge in [0.15, 0.2) is 11.5 Å². The third-order valence-electron chi connectivity index (χ3n) is 7.13. The Hall–Kier alpha value is -4.70. The molecule has 1 fully saturated rings. The van der Waals surface area contributed by atoms with Gasteiger partial charge >= 0.3 is 0 Å². The molecule has 0 unspecified atom stereocenters. The molecule has 0 bridgehead atoms. The molecule has 1 aliphatic rings. The quantitative estimate of drug-likeness (QED) is 0.276. The van der Waals surface area contributed by atoms with Gasteiger partial charge in [-0.1, -0.05) is 6.42 Å². The number of phenolic OH excluding ortho intramolecular Hbond substituents is 1. The number of piperidine rings is 1. The fourth-order valence-electron chi connectivity index (χ4n) is 5.28. The summed E-state index contributed by atoms with van der Waals surface area (Å²) in [5, 5.41) is 17.4. The van der Waals surface area contributed by atoms with E-state index in [1.807, 2.05) is 24.5 Å². The number of hydrogen-bond acceptors (Lipinski definition) is 7. The summed E-state index contributed by atoms with van der Waals surface area (Å²) >= 11 is 0. The Bertz CT molecular complexity index is 1800. The van der Waals surface area contributed by atoms with E-state index in [4.69, 9.17) is 9.97 Å². The van der Waals surface area contributed by atoms with E-state index >= 15 is 0 Å². The largest absolute Gasteiger partial charge is 0.508 e. The number of rotatable bonds is 5. The first-order valence-corrected chi connectivity index (χ1v) is 13.0. The molecule has 39 heavy (non-hydrogen) atoms. The molecule has 7 rings (SSSR count). The number of aromatic nitrogens is 7. The van der Waals surface area contributed by atoms with Crippen molar-refractivity contribution in [2.75, 3.05) is 13.1 Å². The van der Waals surface area contributed by atoms with Crippen molar-refractivity contribution in [1.82, 2.24) is 40.0 Å². The number of fused-ring (bicyclic) bond motifs is 2. The zero-order valence-corrected chi connectivity index (χ0v) is 21.0. The molecule has 9 nitrogen and oxygen atoms in total. The SMILES string of the molecule is Oc1cc(F)cc(-c2nccc3[nH]c(-c4n[nH]c5ccc(-c6cncc(CN7CCCCC7)c6)nc45)nc23)c1. The number of H-pyrrole nitrogens is 2. The summed E-state index contributed by atoms with van der Waals surface area (Å²) in [4.78, 5) is 24.4. The van der Waals surface area contributed by atoms with Gasteiger partial charge in [-0.05, 0) is 67.9 Å². The monoisotopic (exact) mass is 520 g/mol. The van der Waals surface area contributed by atoms with Crippen molar-refractivity contribution < 1.29 is 9.50 Å². The molecule has 10 heteroatoms. The minimum absolute atomic E-state index is 0.177. The maximum absolute atomic E-state index is 14.0. The number of imidazole rings is 1. The molecule has 1 aromatic carbocycles. The van der Waals surface area contributed by atoms with E-state index in [9.17, 15) is 9.50 Å². The molecule has 3 N–H and O–H groups in total. The highest BCUT2D eigenvalue weighted by Gasteiger charge is 2.18. The second kappa shape index (κ2) is 9.55. The molecule has 0 saturated carbocycles. The van der Waals surface area contributed by atoms with Gasteiger partial charge in [0.1, 0.15) is 22.6 Å². The number of hydrogen-bond donors (Lipinski definition) is 3. The second-order valence-electron chi connectivity index (χ2n) is 9.92. The van der Waals surface area contributed by atoms with Crippen molar-refractivity contribution in [2.45, 2.75) is 25.8 Å². The zero-order valence-electron chi connectivity index (χ0n) is 21.0. The van der Waals surface area contributed by atoms with Crippen LogP contribution in [0.25, 0.3) is 56.1 Å². The van der Waals surface area contributed by atoms with Crippen LogP contribution in [0.4, 0.5) is 4.39 Å². The molecule has 1 saturated heterocycles. The van der Waals surface area contributed by atoms with Crippen LogP contribution in [0.5, 0.6) is 5.75 Å². The van der Waals surface area contributed by atoms with E-state index in [1.165, 1.54) is 37.0 Å². The van der Waals surface area contributed by atoms with E-state index in [0.29, 0.717) is 39.3 Å². The van der Waals surface area contributed by atoms with Crippen molar-refractivity contribution >= 4 is 22.1 Å². The first kappa shape index (κ1) is 23.4. The maximum atomic E-state index is 14.0. The van der Waals surface area contributed by atoms with Crippen LogP contribution in [-0.2, 0) is 6.54 Å². The average Bonchev–Trinajstić information content (AvgIpc) is 3.57. The topological polar surface area (TPSA) is 120 Å². The number of aromatic amines is 2. The molecule has 0 spiro atoms. The van der Waals surface area contributed by atoms with Crippen LogP contribution >= 0.6 is 0 Å². The van der Waals surface area contributed by atoms with Gasteiger partial charge in [0.05, 0.1) is 22.4 Å². The van der Waals surface area contributed by atoms with E-state index in [1.54, 1.807) is 12.3 Å². The van der Waals surface area contributed by atoms with E-state index in [0.717, 1.165) is 42.5 Å². The number of pyridine rings is 3. The molecule has 0 radical (unpaired) electrons. The summed E-state index contributed by atoms with van der Waals surface area (Å²) in [6.07, 6.45) is 9.18. The zero-order chi connectivity index (χ0) is 26.3. The Labute approximate surface area is 222 Å². The van der Waals surface area contributed by atoms with Gasteiger partial charge < -0.3 is 10.1 Å². The fourth-order valence-corrected chi connectivity index (χ4v) is 5.28. The molecular weight excluding hydrogens is 495 g/mol. The Balaban J connectivity index is 1.26. The Morgan fingerprint density at radius 1 is 0.872 bits per heavy atom. The van der Waals surface area contributed by atoms with Crippen molar-refractivity contribution in [3.63, 3.8) is 0 Å². The maximum Gasteiger partial charge on any atom is 0.161 e. The van der Waals surface area contributed by atoms with Crippen molar-refractivity contribution in [1.29, 1.82) is 0 Å². The minimum atomic E-state index is -0.552. The lowest BCUT2D eigenvalue weighted by Crippen LogP contribution is -2.29. The summed E-state index contributed by atoms with van der Waals surface area (Å²) in [7, 11) is 0. The van der Waals surface area contributed by atoms with Gasteiger partial charge in [0, 0.05) is 42.3 Å². The Kier molecular flexibility index (Phi) is 5.74. The molecule has 0 amide bonds. The molecule has 1 aliphatic heterocycles. The third-order valence-corrected chi connectivity index (χ3v) is 7.13. The summed E-state index contributed by atoms with van der Waals surface area (Å²) in [6, 6.07) is 11.7. The number of halogens is 1. The van der Waals surface area contributed by atoms with Gasteiger partial charge in [-0.15, -0.1) is 0 Å². The predicted octanol–water partition coefficient (Wildman–Crippen LogP) is 5.46. The van der Waals surface area contributed by atoms with Gasteiger partial charge in [-0.3, -0.25) is 20.0 Å². The van der Waals surface area contributed by atoms with E-state index in [2.05, 4.69) is 36.1 Å². The lowest BCUT2D eigenvalue weighted by Gasteiger charge is -2.26. The summed E-state index contributed by atoms with van der Waals surface area (Å²) in [6.45, 7) is 3.14. The van der Waals surface area contributed by atoms with Crippen molar-refractivity contribution in [2.24, 2.45) is 0 Å². The summed E-state index contributed by atoms with van der Waals surface area (Å²) in [5.74, 6) is -0.221. The van der Waals surface area contributed by atoms with Crippen molar-refractivity contribution in [3.05, 3.63) is 72.4 Å². The van der Waals surface area contributed by atoms with Crippen LogP contribution in [0.2, 0.25) is 0 Å². The van der Waals surface area contributed by atoms with Gasteiger partial charge in [0.25, 0.3) is 0 Å². The number of nitrogens with zero attached hydrogens (tertiary/aromatic N) is 6. The number of nitrogens with one attached hydrogen (secondary N) is 2. The van der Waals surface area contributed by atoms with Crippen LogP contribution in [0.15, 0.2) is 61.1 Å². The highest BCUT2D eigenvalue weighted by atomic mass is 19.1. The highest BCUT2D eigenvalue weighted by Crippen LogP contribution is 2.32. The Morgan fingerprint density at radius 3 is 2.62 bits per heavy atom. The third kappa shape index (κ3) is 4.48. The first-order chi connectivity index (χ1) is 19.1. The number of benzene rings is 1. The smallest absolute Gasteiger partial charge is 0.161 e. The normalized spacial score (nSPS) is 14.4. The van der Waals surface area contributed by atoms with Crippen LogP contribution in [0.1, 0.15) is 24.8 Å². The molecule has 0 aliphatic carbocycles. The highest BCUT2D eigenvalue weighted by molar-refractivity contribution is 5.95. The van der Waals surface area contributed by atoms with E-state index < -0.39 is 5.82 Å². The minimum Gasteiger partial charge on any atom is -0.508 e. The molecule has 6 heterocycles. The first-order valence-electron chi connectivity index (χ1n) is 13.0. The van der Waals surface area contributed by atoms with Crippen molar-refractivity contribution in [3.8, 4) is 39.8 Å². The number of aromatic hydroxyl groups is 1. The van der Waals surface area contributed by atoms with Gasteiger partial charge in [-0.2, -0.15) is 5.10 Å². The molecule has 194 valence electrons. The molecule has 0 atom stereocenters. The summed E-state index contributed by atoms with van der Waals surface area (Å²) < 4.78 is 14.0.